The van der Waals surface area contributed by atoms with Gasteiger partial charge >= 0.3 is 12.2 Å². The third kappa shape index (κ3) is 8.88. The third-order valence-electron chi connectivity index (χ3n) is 6.14. The lowest BCUT2D eigenvalue weighted by Gasteiger charge is -2.36. The number of nitrogens with two attached hydrogens (primary N) is 1. The van der Waals surface area contributed by atoms with E-state index in [4.69, 9.17) is 5.73 Å². The number of nitrogens with one attached hydrogen (secondary N) is 2. The zero-order valence-electron chi connectivity index (χ0n) is 24.1. The molecular weight excluding hydrogens is 575 g/mol. The number of nitrogens with zero attached hydrogens (tertiary/aromatic N) is 6. The summed E-state index contributed by atoms with van der Waals surface area (Å²) < 4.78 is 37.6. The molecule has 4 N–H and O–H groups in total. The highest BCUT2D eigenvalue weighted by Crippen LogP contribution is 2.35. The fraction of sp³-hybridized carbons (Fsp3) is 0.233. The van der Waals surface area contributed by atoms with Gasteiger partial charge in [0.2, 0.25) is 11.9 Å². The highest BCUT2D eigenvalue weighted by Gasteiger charge is 2.34. The number of rotatable bonds is 11. The quantitative estimate of drug-likeness (QED) is 0.214. The van der Waals surface area contributed by atoms with Crippen LogP contribution in [-0.4, -0.2) is 71.3 Å². The van der Waals surface area contributed by atoms with Gasteiger partial charge in [0.15, 0.2) is 5.82 Å². The van der Waals surface area contributed by atoms with Gasteiger partial charge in [-0.2, -0.15) is 18.2 Å². The molecule has 1 aliphatic rings. The Balaban J connectivity index is 1.66. The van der Waals surface area contributed by atoms with Crippen LogP contribution in [-0.2, 0) is 17.9 Å². The summed E-state index contributed by atoms with van der Waals surface area (Å²) in [6.07, 6.45) is 2.19. The van der Waals surface area contributed by atoms with Crippen molar-refractivity contribution in [3.05, 3.63) is 96.0 Å². The normalized spacial score (nSPS) is 14.0. The number of anilines is 4. The molecule has 0 atom stereocenters. The second kappa shape index (κ2) is 14.3. The first-order chi connectivity index (χ1) is 21.0. The number of halogens is 3. The fourth-order valence-corrected chi connectivity index (χ4v) is 4.20. The van der Waals surface area contributed by atoms with Crippen molar-refractivity contribution >= 4 is 41.3 Å². The monoisotopic (exact) mass is 607 g/mol. The molecule has 0 saturated carbocycles. The van der Waals surface area contributed by atoms with Gasteiger partial charge in [-0.25, -0.2) is 14.7 Å². The van der Waals surface area contributed by atoms with Crippen LogP contribution in [0.25, 0.3) is 0 Å². The Hall–Kier alpha value is -5.24. The molecule has 14 heteroatoms. The number of hydrogen-bond donors (Lipinski definition) is 3. The molecule has 44 heavy (non-hydrogen) atoms. The van der Waals surface area contributed by atoms with E-state index in [9.17, 15) is 22.8 Å². The van der Waals surface area contributed by atoms with E-state index in [1.54, 1.807) is 35.2 Å². The van der Waals surface area contributed by atoms with Crippen LogP contribution in [0, 0.1) is 0 Å². The molecule has 1 aliphatic heterocycles. The van der Waals surface area contributed by atoms with Gasteiger partial charge in [-0.15, -0.1) is 0 Å². The smallest absolute Gasteiger partial charge is 0.403 e. The lowest BCUT2D eigenvalue weighted by molar-refractivity contribution is -0.118. The predicted octanol–water partition coefficient (Wildman–Crippen LogP) is 4.65. The molecule has 3 amide bonds. The third-order valence-corrected chi connectivity index (χ3v) is 6.14. The molecule has 4 rings (SSSR count). The maximum atomic E-state index is 14.0. The van der Waals surface area contributed by atoms with E-state index in [-0.39, 0.29) is 35.9 Å². The van der Waals surface area contributed by atoms with Crippen LogP contribution in [0.1, 0.15) is 11.1 Å². The molecule has 2 heterocycles. The minimum absolute atomic E-state index is 0.0105. The maximum absolute atomic E-state index is 14.0. The predicted molar refractivity (Wildman–Crippen MR) is 163 cm³/mol. The second-order valence-corrected chi connectivity index (χ2v) is 10.0. The number of urea groups is 1. The molecular formula is C30H32F3N9O2. The first-order valence-electron chi connectivity index (χ1n) is 13.5. The zero-order valence-corrected chi connectivity index (χ0v) is 24.1. The molecule has 0 fully saturated rings. The highest BCUT2D eigenvalue weighted by molar-refractivity contribution is 6.03. The minimum Gasteiger partial charge on any atom is -0.403 e. The Morgan fingerprint density at radius 3 is 2.61 bits per heavy atom. The number of carbonyl (C=O) groups excluding carboxylic acids is 2. The number of fused-ring (bicyclic) bond motifs is 1. The lowest BCUT2D eigenvalue weighted by atomic mass is 10.1. The molecule has 0 spiro atoms. The van der Waals surface area contributed by atoms with Crippen molar-refractivity contribution in [2.24, 2.45) is 10.7 Å². The van der Waals surface area contributed by atoms with Crippen LogP contribution in [0.5, 0.6) is 0 Å². The molecule has 2 aromatic carbocycles. The first-order valence-corrected chi connectivity index (χ1v) is 13.5. The number of aromatic nitrogens is 2. The van der Waals surface area contributed by atoms with E-state index in [0.29, 0.717) is 30.0 Å². The van der Waals surface area contributed by atoms with Crippen LogP contribution >= 0.6 is 0 Å². The molecule has 0 radical (unpaired) electrons. The molecule has 0 aliphatic carbocycles. The number of alkyl halides is 3. The SMILES string of the molecule is CN(C)C/C=C/C(=O)Nc1cccc(N2C(=O)N(Cc3ccccc3)Cc3cnc(NC(C=NCC(F)(F)F)=CN)nc32)c1. The van der Waals surface area contributed by atoms with E-state index in [0.717, 1.165) is 18.0 Å². The van der Waals surface area contributed by atoms with Gasteiger partial charge < -0.3 is 26.2 Å². The van der Waals surface area contributed by atoms with Gasteiger partial charge in [-0.05, 0) is 37.9 Å². The number of amides is 3. The molecule has 3 aromatic rings. The summed E-state index contributed by atoms with van der Waals surface area (Å²) in [7, 11) is 3.78. The van der Waals surface area contributed by atoms with Gasteiger partial charge in [-0.3, -0.25) is 9.79 Å². The van der Waals surface area contributed by atoms with Crippen LogP contribution < -0.4 is 21.3 Å². The van der Waals surface area contributed by atoms with Crippen molar-refractivity contribution in [3.63, 3.8) is 0 Å². The van der Waals surface area contributed by atoms with Crippen molar-refractivity contribution in [2.45, 2.75) is 19.3 Å². The van der Waals surface area contributed by atoms with Crippen molar-refractivity contribution in [2.75, 3.05) is 42.7 Å². The molecule has 0 unspecified atom stereocenters. The summed E-state index contributed by atoms with van der Waals surface area (Å²) in [4.78, 5) is 43.6. The molecule has 0 bridgehead atoms. The topological polar surface area (TPSA) is 132 Å². The van der Waals surface area contributed by atoms with Crippen LogP contribution in [0.3, 0.4) is 0 Å². The van der Waals surface area contributed by atoms with E-state index in [1.807, 2.05) is 49.3 Å². The number of benzene rings is 2. The van der Waals surface area contributed by atoms with E-state index >= 15 is 0 Å². The molecule has 11 nitrogen and oxygen atoms in total. The summed E-state index contributed by atoms with van der Waals surface area (Å²) in [5.41, 5.74) is 8.03. The molecule has 230 valence electrons. The number of hydrogen-bond acceptors (Lipinski definition) is 8. The van der Waals surface area contributed by atoms with Gasteiger partial charge in [0, 0.05) is 49.0 Å². The second-order valence-electron chi connectivity index (χ2n) is 10.0. The highest BCUT2D eigenvalue weighted by atomic mass is 19.4. The summed E-state index contributed by atoms with van der Waals surface area (Å²) in [6, 6.07) is 15.9. The van der Waals surface area contributed by atoms with Gasteiger partial charge in [0.1, 0.15) is 6.54 Å². The van der Waals surface area contributed by atoms with Crippen LogP contribution in [0.4, 0.5) is 41.1 Å². The van der Waals surface area contributed by atoms with E-state index < -0.39 is 12.7 Å². The van der Waals surface area contributed by atoms with Gasteiger partial charge in [-0.1, -0.05) is 42.5 Å². The Labute approximate surface area is 252 Å². The van der Waals surface area contributed by atoms with Gasteiger partial charge in [0.25, 0.3) is 0 Å². The largest absolute Gasteiger partial charge is 0.407 e. The standard InChI is InChI=1S/C30H32F3N9O2/c1-40(2)13-7-12-26(43)37-23-10-6-11-25(14-23)42-27-22(19-41(29(42)44)18-21-8-4-3-5-9-21)16-36-28(39-27)38-24(15-34)17-35-20-30(31,32)33/h3-12,14-17H,13,18-20,34H2,1-2H3,(H,37,43)(H,36,38,39)/b12-7+,24-15?,35-17?. The Morgan fingerprint density at radius 1 is 1.14 bits per heavy atom. The summed E-state index contributed by atoms with van der Waals surface area (Å²) in [5, 5.41) is 5.55. The Morgan fingerprint density at radius 2 is 1.91 bits per heavy atom. The molecule has 0 saturated heterocycles. The summed E-state index contributed by atoms with van der Waals surface area (Å²) in [6.45, 7) is -0.262. The van der Waals surface area contributed by atoms with Crippen molar-refractivity contribution < 1.29 is 22.8 Å². The lowest BCUT2D eigenvalue weighted by Crippen LogP contribution is -2.45. The average molecular weight is 608 g/mol. The van der Waals surface area contributed by atoms with Gasteiger partial charge in [0.05, 0.1) is 17.9 Å². The fourth-order valence-electron chi connectivity index (χ4n) is 4.20. The van der Waals surface area contributed by atoms with Crippen molar-refractivity contribution in [3.8, 4) is 0 Å². The minimum atomic E-state index is -4.47. The maximum Gasteiger partial charge on any atom is 0.407 e. The van der Waals surface area contributed by atoms with E-state index in [2.05, 4.69) is 25.6 Å². The van der Waals surface area contributed by atoms with Crippen LogP contribution in [0.2, 0.25) is 0 Å². The van der Waals surface area contributed by atoms with Crippen molar-refractivity contribution in [1.29, 1.82) is 0 Å². The first kappa shape index (κ1) is 31.7. The number of allylic oxidation sites excluding steroid dienone is 1. The summed E-state index contributed by atoms with van der Waals surface area (Å²) in [5.74, 6) is -0.0827. The summed E-state index contributed by atoms with van der Waals surface area (Å²) >= 11 is 0. The van der Waals surface area contributed by atoms with Crippen molar-refractivity contribution in [1.82, 2.24) is 19.8 Å². The number of likely N-dealkylation sites (N-methyl/N-ethyl adjacent to an activating group) is 1. The Bertz CT molecular complexity index is 1560. The number of aliphatic imine (C=N–C) groups is 1. The number of carbonyl (C=O) groups is 2. The van der Waals surface area contributed by atoms with E-state index in [1.165, 1.54) is 17.2 Å². The average Bonchev–Trinajstić information content (AvgIpc) is 2.97. The van der Waals surface area contributed by atoms with Crippen LogP contribution in [0.15, 0.2) is 89.8 Å². The molecule has 1 aromatic heterocycles. The zero-order chi connectivity index (χ0) is 31.7. The Kier molecular flexibility index (Phi) is 10.3.